The summed E-state index contributed by atoms with van der Waals surface area (Å²) in [5, 5.41) is 5.49. The van der Waals surface area contributed by atoms with E-state index in [1.54, 1.807) is 0 Å². The molecule has 0 aliphatic rings. The average molecular weight is 400 g/mol. The van der Waals surface area contributed by atoms with Crippen LogP contribution in [0.25, 0.3) is 22.4 Å². The molecule has 5 heteroatoms. The van der Waals surface area contributed by atoms with Gasteiger partial charge in [0.15, 0.2) is 5.13 Å². The molecule has 0 aliphatic heterocycles. The van der Waals surface area contributed by atoms with Gasteiger partial charge in [0.05, 0.1) is 12.1 Å². The molecule has 0 atom stereocenters. The number of anilines is 1. The molecule has 1 N–H and O–H groups in total. The largest absolute Gasteiger partial charge is 0.302 e. The number of amides is 1. The third-order valence-corrected chi connectivity index (χ3v) is 5.40. The number of pyridine rings is 1. The number of nitrogens with zero attached hydrogens (tertiary/aromatic N) is 2. The second kappa shape index (κ2) is 8.37. The number of aromatic nitrogens is 2. The number of benzene rings is 2. The quantitative estimate of drug-likeness (QED) is 0.470. The molecular weight excluding hydrogens is 378 g/mol. The molecule has 0 spiro atoms. The molecule has 0 saturated heterocycles. The molecule has 2 heterocycles. The molecule has 29 heavy (non-hydrogen) atoms. The van der Waals surface area contributed by atoms with E-state index in [-0.39, 0.29) is 5.91 Å². The average Bonchev–Trinajstić information content (AvgIpc) is 3.17. The maximum absolute atomic E-state index is 12.4. The summed E-state index contributed by atoms with van der Waals surface area (Å²) in [5.41, 5.74) is 7.33. The smallest absolute Gasteiger partial charge is 0.230 e. The van der Waals surface area contributed by atoms with Crippen LogP contribution in [0.5, 0.6) is 0 Å². The number of thiazole rings is 1. The minimum Gasteiger partial charge on any atom is -0.302 e. The number of rotatable bonds is 5. The first-order valence-electron chi connectivity index (χ1n) is 9.41. The van der Waals surface area contributed by atoms with Crippen molar-refractivity contribution in [2.75, 3.05) is 5.32 Å². The van der Waals surface area contributed by atoms with Gasteiger partial charge in [0.2, 0.25) is 5.91 Å². The first-order chi connectivity index (χ1) is 14.1. The monoisotopic (exact) mass is 399 g/mol. The lowest BCUT2D eigenvalue weighted by Gasteiger charge is -2.05. The molecule has 0 fully saturated rings. The van der Waals surface area contributed by atoms with Gasteiger partial charge >= 0.3 is 0 Å². The summed E-state index contributed by atoms with van der Waals surface area (Å²) in [6.45, 7) is 4.03. The summed E-state index contributed by atoms with van der Waals surface area (Å²) < 4.78 is 0. The maximum atomic E-state index is 12.4. The van der Waals surface area contributed by atoms with E-state index in [4.69, 9.17) is 0 Å². The number of hydrogen-bond donors (Lipinski definition) is 1. The van der Waals surface area contributed by atoms with E-state index < -0.39 is 0 Å². The van der Waals surface area contributed by atoms with Gasteiger partial charge in [-0.25, -0.2) is 4.98 Å². The van der Waals surface area contributed by atoms with Gasteiger partial charge < -0.3 is 5.32 Å². The molecule has 144 valence electrons. The summed E-state index contributed by atoms with van der Waals surface area (Å²) in [4.78, 5) is 21.2. The normalized spacial score (nSPS) is 10.7. The Morgan fingerprint density at radius 2 is 1.66 bits per heavy atom. The molecule has 4 rings (SSSR count). The Morgan fingerprint density at radius 3 is 2.38 bits per heavy atom. The Bertz CT molecular complexity index is 1130. The van der Waals surface area contributed by atoms with E-state index in [2.05, 4.69) is 40.4 Å². The third kappa shape index (κ3) is 4.76. The number of carbonyl (C=O) groups is 1. The van der Waals surface area contributed by atoms with Gasteiger partial charge in [-0.05, 0) is 42.7 Å². The molecule has 0 radical (unpaired) electrons. The van der Waals surface area contributed by atoms with Crippen molar-refractivity contribution in [2.45, 2.75) is 20.3 Å². The first kappa shape index (κ1) is 19.0. The second-order valence-electron chi connectivity index (χ2n) is 7.01. The van der Waals surface area contributed by atoms with E-state index in [1.165, 1.54) is 16.9 Å². The highest BCUT2D eigenvalue weighted by molar-refractivity contribution is 7.14. The van der Waals surface area contributed by atoms with Crippen molar-refractivity contribution in [2.24, 2.45) is 0 Å². The van der Waals surface area contributed by atoms with Crippen molar-refractivity contribution in [1.82, 2.24) is 9.97 Å². The van der Waals surface area contributed by atoms with Gasteiger partial charge in [-0.3, -0.25) is 9.78 Å². The van der Waals surface area contributed by atoms with Gasteiger partial charge in [-0.15, -0.1) is 11.3 Å². The van der Waals surface area contributed by atoms with Crippen molar-refractivity contribution in [3.63, 3.8) is 0 Å². The van der Waals surface area contributed by atoms with E-state index in [0.717, 1.165) is 33.6 Å². The minimum absolute atomic E-state index is 0.0673. The predicted octanol–water partition coefficient (Wildman–Crippen LogP) is 5.67. The molecule has 1 amide bonds. The van der Waals surface area contributed by atoms with E-state index >= 15 is 0 Å². The highest BCUT2D eigenvalue weighted by atomic mass is 32.1. The fourth-order valence-corrected chi connectivity index (χ4v) is 3.81. The van der Waals surface area contributed by atoms with Crippen LogP contribution in [0.3, 0.4) is 0 Å². The molecule has 2 aromatic heterocycles. The Morgan fingerprint density at radius 1 is 0.931 bits per heavy atom. The molecule has 4 aromatic rings. The van der Waals surface area contributed by atoms with Crippen molar-refractivity contribution in [3.8, 4) is 22.4 Å². The number of hydrogen-bond acceptors (Lipinski definition) is 4. The summed E-state index contributed by atoms with van der Waals surface area (Å²) in [6, 6.07) is 20.3. The third-order valence-electron chi connectivity index (χ3n) is 4.65. The molecule has 0 bridgehead atoms. The Hall–Kier alpha value is -3.31. The van der Waals surface area contributed by atoms with Crippen LogP contribution < -0.4 is 5.32 Å². The zero-order valence-electron chi connectivity index (χ0n) is 16.3. The van der Waals surface area contributed by atoms with E-state index in [9.17, 15) is 4.79 Å². The predicted molar refractivity (Wildman–Crippen MR) is 119 cm³/mol. The van der Waals surface area contributed by atoms with Crippen molar-refractivity contribution < 1.29 is 4.79 Å². The van der Waals surface area contributed by atoms with Crippen LogP contribution in [0.15, 0.2) is 72.2 Å². The summed E-state index contributed by atoms with van der Waals surface area (Å²) >= 11 is 1.44. The van der Waals surface area contributed by atoms with Gasteiger partial charge in [-0.1, -0.05) is 54.1 Å². The summed E-state index contributed by atoms with van der Waals surface area (Å²) in [5.74, 6) is -0.0673. The summed E-state index contributed by atoms with van der Waals surface area (Å²) in [7, 11) is 0. The fourth-order valence-electron chi connectivity index (χ4n) is 3.08. The molecule has 2 aromatic carbocycles. The van der Waals surface area contributed by atoms with E-state index in [0.29, 0.717) is 11.6 Å². The topological polar surface area (TPSA) is 54.9 Å². The zero-order chi connectivity index (χ0) is 20.2. The minimum atomic E-state index is -0.0673. The van der Waals surface area contributed by atoms with Crippen molar-refractivity contribution >= 4 is 22.4 Å². The van der Waals surface area contributed by atoms with Crippen LogP contribution in [0.4, 0.5) is 5.13 Å². The lowest BCUT2D eigenvalue weighted by atomic mass is 10.0. The van der Waals surface area contributed by atoms with Gasteiger partial charge in [0.1, 0.15) is 0 Å². The summed E-state index contributed by atoms with van der Waals surface area (Å²) in [6.07, 6.45) is 2.13. The lowest BCUT2D eigenvalue weighted by Crippen LogP contribution is -2.14. The van der Waals surface area contributed by atoms with Crippen LogP contribution >= 0.6 is 11.3 Å². The maximum Gasteiger partial charge on any atom is 0.230 e. The molecule has 0 aliphatic carbocycles. The van der Waals surface area contributed by atoms with Crippen molar-refractivity contribution in [1.29, 1.82) is 0 Å². The Balaban J connectivity index is 1.39. The van der Waals surface area contributed by atoms with Gasteiger partial charge in [0.25, 0.3) is 0 Å². The molecular formula is C24H21N3OS. The van der Waals surface area contributed by atoms with Crippen LogP contribution in [0, 0.1) is 13.8 Å². The SMILES string of the molecule is Cc1ccc(-c2csc(NC(=O)Cc3ccc(-c4ccnc(C)c4)cc3)n2)cc1. The second-order valence-corrected chi connectivity index (χ2v) is 7.87. The van der Waals surface area contributed by atoms with Crippen molar-refractivity contribution in [3.05, 3.63) is 89.1 Å². The van der Waals surface area contributed by atoms with E-state index in [1.807, 2.05) is 61.0 Å². The van der Waals surface area contributed by atoms with Gasteiger partial charge in [0, 0.05) is 22.8 Å². The number of carbonyl (C=O) groups excluding carboxylic acids is 1. The highest BCUT2D eigenvalue weighted by Crippen LogP contribution is 2.25. The standard InChI is InChI=1S/C24H21N3OS/c1-16-3-7-20(8-4-16)22-15-29-24(26-22)27-23(28)14-18-5-9-19(10-6-18)21-11-12-25-17(2)13-21/h3-13,15H,14H2,1-2H3,(H,26,27,28). The molecule has 0 unspecified atom stereocenters. The molecule has 4 nitrogen and oxygen atoms in total. The lowest BCUT2D eigenvalue weighted by molar-refractivity contribution is -0.115. The number of aryl methyl sites for hydroxylation is 2. The van der Waals surface area contributed by atoms with Gasteiger partial charge in [-0.2, -0.15) is 0 Å². The Labute approximate surface area is 174 Å². The fraction of sp³-hybridized carbons (Fsp3) is 0.125. The first-order valence-corrected chi connectivity index (χ1v) is 10.3. The van der Waals surface area contributed by atoms with Crippen LogP contribution in [0.2, 0.25) is 0 Å². The highest BCUT2D eigenvalue weighted by Gasteiger charge is 2.09. The molecule has 0 saturated carbocycles. The van der Waals surface area contributed by atoms with Crippen LogP contribution in [-0.4, -0.2) is 15.9 Å². The number of nitrogens with one attached hydrogen (secondary N) is 1. The zero-order valence-corrected chi connectivity index (χ0v) is 17.2. The Kier molecular flexibility index (Phi) is 5.49. The van der Waals surface area contributed by atoms with Crippen LogP contribution in [-0.2, 0) is 11.2 Å². The van der Waals surface area contributed by atoms with Crippen LogP contribution in [0.1, 0.15) is 16.8 Å².